The Morgan fingerprint density at radius 2 is 2.16 bits per heavy atom. The molecule has 1 aliphatic carbocycles. The lowest BCUT2D eigenvalue weighted by molar-refractivity contribution is 0.0778. The molecule has 0 radical (unpaired) electrons. The average Bonchev–Trinajstić information content (AvgIpc) is 2.85. The fourth-order valence-corrected chi connectivity index (χ4v) is 3.99. The van der Waals surface area contributed by atoms with Crippen molar-refractivity contribution in [2.24, 2.45) is 4.99 Å². The molecule has 1 atom stereocenters. The summed E-state index contributed by atoms with van der Waals surface area (Å²) in [6.45, 7) is 3.46. The van der Waals surface area contributed by atoms with Crippen LogP contribution in [0.25, 0.3) is 0 Å². The van der Waals surface area contributed by atoms with Crippen LogP contribution in [0, 0.1) is 0 Å². The second-order valence-corrected chi connectivity index (χ2v) is 6.81. The van der Waals surface area contributed by atoms with E-state index < -0.39 is 5.60 Å². The molecule has 1 heterocycles. The number of hydrogen-bond donors (Lipinski definition) is 3. The summed E-state index contributed by atoms with van der Waals surface area (Å²) >= 11 is 1.82. The smallest absolute Gasteiger partial charge is 0.191 e. The highest BCUT2D eigenvalue weighted by Crippen LogP contribution is 2.27. The van der Waals surface area contributed by atoms with E-state index in [0.717, 1.165) is 30.4 Å². The maximum Gasteiger partial charge on any atom is 0.191 e. The van der Waals surface area contributed by atoms with Crippen LogP contribution in [0.4, 0.5) is 0 Å². The van der Waals surface area contributed by atoms with Crippen molar-refractivity contribution in [1.82, 2.24) is 10.6 Å². The highest BCUT2D eigenvalue weighted by Gasteiger charge is 2.31. The van der Waals surface area contributed by atoms with Gasteiger partial charge in [0.1, 0.15) is 0 Å². The van der Waals surface area contributed by atoms with Gasteiger partial charge < -0.3 is 15.7 Å². The Morgan fingerprint density at radius 1 is 1.37 bits per heavy atom. The number of aliphatic hydroxyl groups is 1. The van der Waals surface area contributed by atoms with Gasteiger partial charge in [-0.05, 0) is 31.9 Å². The van der Waals surface area contributed by atoms with Crippen molar-refractivity contribution in [2.45, 2.75) is 57.1 Å². The maximum atomic E-state index is 10.3. The van der Waals surface area contributed by atoms with Gasteiger partial charge in [0.25, 0.3) is 0 Å². The van der Waals surface area contributed by atoms with Crippen LogP contribution in [0.5, 0.6) is 0 Å². The molecule has 1 unspecified atom stereocenters. The predicted molar refractivity (Wildman–Crippen MR) is 82.9 cm³/mol. The Bertz CT molecular complexity index is 297. The number of nitrogens with zero attached hydrogens (tertiary/aromatic N) is 1. The molecule has 3 N–H and O–H groups in total. The molecule has 0 aromatic carbocycles. The van der Waals surface area contributed by atoms with Gasteiger partial charge in [-0.25, -0.2) is 0 Å². The van der Waals surface area contributed by atoms with Gasteiger partial charge in [0.15, 0.2) is 5.96 Å². The Labute approximate surface area is 120 Å². The van der Waals surface area contributed by atoms with E-state index in [0.29, 0.717) is 12.6 Å². The SMILES string of the molecule is CCNC(=NCC1(O)CCSC1)NC1CCCCC1. The fraction of sp³-hybridized carbons (Fsp3) is 0.929. The first-order chi connectivity index (χ1) is 9.22. The van der Waals surface area contributed by atoms with E-state index in [4.69, 9.17) is 0 Å². The summed E-state index contributed by atoms with van der Waals surface area (Å²) in [6.07, 6.45) is 7.34. The first-order valence-electron chi connectivity index (χ1n) is 7.57. The van der Waals surface area contributed by atoms with E-state index in [1.807, 2.05) is 11.8 Å². The van der Waals surface area contributed by atoms with Crippen LogP contribution in [-0.2, 0) is 0 Å². The molecule has 0 aromatic heterocycles. The van der Waals surface area contributed by atoms with Crippen molar-refractivity contribution in [3.05, 3.63) is 0 Å². The zero-order chi connectivity index (χ0) is 13.6. The Hall–Kier alpha value is -0.420. The van der Waals surface area contributed by atoms with Gasteiger partial charge in [-0.1, -0.05) is 19.3 Å². The molecule has 4 nitrogen and oxygen atoms in total. The molecule has 5 heteroatoms. The molecule has 1 aliphatic heterocycles. The van der Waals surface area contributed by atoms with Crippen LogP contribution in [0.2, 0.25) is 0 Å². The highest BCUT2D eigenvalue weighted by atomic mass is 32.2. The standard InChI is InChI=1S/C14H27N3OS/c1-2-15-13(17-12-6-4-3-5-7-12)16-10-14(18)8-9-19-11-14/h12,18H,2-11H2,1H3,(H2,15,16,17). The molecular formula is C14H27N3OS. The molecular weight excluding hydrogens is 258 g/mol. The van der Waals surface area contributed by atoms with Gasteiger partial charge in [0.2, 0.25) is 0 Å². The molecule has 0 spiro atoms. The van der Waals surface area contributed by atoms with Crippen molar-refractivity contribution in [3.8, 4) is 0 Å². The quantitative estimate of drug-likeness (QED) is 0.544. The first kappa shape index (κ1) is 15.0. The van der Waals surface area contributed by atoms with Gasteiger partial charge in [-0.3, -0.25) is 4.99 Å². The normalized spacial score (nSPS) is 29.5. The first-order valence-corrected chi connectivity index (χ1v) is 8.72. The number of aliphatic imine (C=N–C) groups is 1. The Kier molecular flexibility index (Phi) is 5.82. The highest BCUT2D eigenvalue weighted by molar-refractivity contribution is 7.99. The van der Waals surface area contributed by atoms with Gasteiger partial charge in [-0.2, -0.15) is 11.8 Å². The van der Waals surface area contributed by atoms with Crippen molar-refractivity contribution >= 4 is 17.7 Å². The summed E-state index contributed by atoms with van der Waals surface area (Å²) < 4.78 is 0. The monoisotopic (exact) mass is 285 g/mol. The summed E-state index contributed by atoms with van der Waals surface area (Å²) in [6, 6.07) is 0.555. The zero-order valence-electron chi connectivity index (χ0n) is 12.0. The van der Waals surface area contributed by atoms with E-state index >= 15 is 0 Å². The van der Waals surface area contributed by atoms with Gasteiger partial charge >= 0.3 is 0 Å². The lowest BCUT2D eigenvalue weighted by Gasteiger charge is -2.26. The van der Waals surface area contributed by atoms with Crippen molar-refractivity contribution in [2.75, 3.05) is 24.6 Å². The summed E-state index contributed by atoms with van der Waals surface area (Å²) in [7, 11) is 0. The van der Waals surface area contributed by atoms with E-state index in [-0.39, 0.29) is 0 Å². The Morgan fingerprint density at radius 3 is 2.79 bits per heavy atom. The summed E-state index contributed by atoms with van der Waals surface area (Å²) in [5, 5.41) is 17.1. The largest absolute Gasteiger partial charge is 0.387 e. The van der Waals surface area contributed by atoms with E-state index in [2.05, 4.69) is 22.5 Å². The minimum Gasteiger partial charge on any atom is -0.387 e. The predicted octanol–water partition coefficient (Wildman–Crippen LogP) is 1.74. The number of nitrogens with one attached hydrogen (secondary N) is 2. The molecule has 19 heavy (non-hydrogen) atoms. The summed E-state index contributed by atoms with van der Waals surface area (Å²) in [5.41, 5.74) is -0.584. The molecule has 0 bridgehead atoms. The Balaban J connectivity index is 1.86. The topological polar surface area (TPSA) is 56.7 Å². The maximum absolute atomic E-state index is 10.3. The van der Waals surface area contributed by atoms with Gasteiger partial charge in [0, 0.05) is 18.3 Å². The van der Waals surface area contributed by atoms with Gasteiger partial charge in [0.05, 0.1) is 12.1 Å². The second-order valence-electron chi connectivity index (χ2n) is 5.70. The van der Waals surface area contributed by atoms with E-state index in [9.17, 15) is 5.11 Å². The third-order valence-corrected chi connectivity index (χ3v) is 5.14. The van der Waals surface area contributed by atoms with Crippen molar-refractivity contribution in [3.63, 3.8) is 0 Å². The minimum absolute atomic E-state index is 0.516. The van der Waals surface area contributed by atoms with Crippen molar-refractivity contribution < 1.29 is 5.11 Å². The number of rotatable bonds is 4. The fourth-order valence-electron chi connectivity index (χ4n) is 2.71. The zero-order valence-corrected chi connectivity index (χ0v) is 12.8. The minimum atomic E-state index is -0.584. The van der Waals surface area contributed by atoms with Crippen LogP contribution in [-0.4, -0.2) is 47.3 Å². The molecule has 1 saturated heterocycles. The molecule has 110 valence electrons. The van der Waals surface area contributed by atoms with Crippen molar-refractivity contribution in [1.29, 1.82) is 0 Å². The lowest BCUT2D eigenvalue weighted by atomic mass is 9.96. The lowest BCUT2D eigenvalue weighted by Crippen LogP contribution is -2.45. The molecule has 1 saturated carbocycles. The molecule has 2 fully saturated rings. The van der Waals surface area contributed by atoms with Crippen LogP contribution in [0.1, 0.15) is 45.4 Å². The van der Waals surface area contributed by atoms with Crippen LogP contribution in [0.3, 0.4) is 0 Å². The third-order valence-electron chi connectivity index (χ3n) is 3.90. The van der Waals surface area contributed by atoms with E-state index in [1.165, 1.54) is 32.1 Å². The second kappa shape index (κ2) is 7.39. The van der Waals surface area contributed by atoms with Crippen LogP contribution in [0.15, 0.2) is 4.99 Å². The van der Waals surface area contributed by atoms with Gasteiger partial charge in [-0.15, -0.1) is 0 Å². The number of guanidine groups is 1. The third kappa shape index (κ3) is 4.88. The molecule has 2 aliphatic rings. The number of hydrogen-bond acceptors (Lipinski definition) is 3. The summed E-state index contributed by atoms with van der Waals surface area (Å²) in [5.74, 6) is 2.75. The summed E-state index contributed by atoms with van der Waals surface area (Å²) in [4.78, 5) is 4.59. The van der Waals surface area contributed by atoms with E-state index in [1.54, 1.807) is 0 Å². The average molecular weight is 285 g/mol. The molecule has 0 amide bonds. The van der Waals surface area contributed by atoms with Crippen LogP contribution >= 0.6 is 11.8 Å². The molecule has 0 aromatic rings. The number of thioether (sulfide) groups is 1. The van der Waals surface area contributed by atoms with Crippen LogP contribution < -0.4 is 10.6 Å². The molecule has 2 rings (SSSR count).